The Morgan fingerprint density at radius 1 is 1.06 bits per heavy atom. The van der Waals surface area contributed by atoms with Crippen LogP contribution in [-0.2, 0) is 6.42 Å². The quantitative estimate of drug-likeness (QED) is 0.435. The fraction of sp³-hybridized carbons (Fsp3) is 0.467. The predicted molar refractivity (Wildman–Crippen MR) is 75.7 cm³/mol. The Labute approximate surface area is 108 Å². The second-order valence-electron chi connectivity index (χ2n) is 4.23. The molecule has 0 N–H and O–H groups in total. The number of hydrogen-bond acceptors (Lipinski definition) is 0. The summed E-state index contributed by atoms with van der Waals surface area (Å²) in [6.45, 7) is 3.74. The van der Waals surface area contributed by atoms with Crippen molar-refractivity contribution < 1.29 is 0 Å². The van der Waals surface area contributed by atoms with Gasteiger partial charge in [-0.2, -0.15) is 0 Å². The molecule has 0 unspecified atom stereocenters. The van der Waals surface area contributed by atoms with Gasteiger partial charge < -0.3 is 0 Å². The molecule has 0 fully saturated rings. The largest absolute Gasteiger partial charge is 0.103 e. The molecule has 0 radical (unpaired) electrons. The first kappa shape index (κ1) is 13.5. The molecule has 1 aromatic rings. The Morgan fingerprint density at radius 2 is 1.81 bits per heavy atom. The molecule has 0 spiro atoms. The molecule has 0 nitrogen and oxygen atoms in total. The van der Waals surface area contributed by atoms with Crippen molar-refractivity contribution >= 4 is 15.9 Å². The minimum atomic E-state index is 1.17. The predicted octanol–water partition coefficient (Wildman–Crippen LogP) is 5.52. The van der Waals surface area contributed by atoms with Crippen molar-refractivity contribution in [3.8, 4) is 0 Å². The molecule has 0 bridgehead atoms. The van der Waals surface area contributed by atoms with Crippen LogP contribution >= 0.6 is 15.9 Å². The van der Waals surface area contributed by atoms with Crippen LogP contribution in [0.2, 0.25) is 0 Å². The molecule has 1 aromatic carbocycles. The molecule has 0 amide bonds. The summed E-state index contributed by atoms with van der Waals surface area (Å²) in [7, 11) is 0. The Bertz CT molecular complexity index is 304. The molecular formula is C15H21Br. The highest BCUT2D eigenvalue weighted by molar-refractivity contribution is 9.10. The first-order valence-corrected chi connectivity index (χ1v) is 6.97. The van der Waals surface area contributed by atoms with Gasteiger partial charge in [0.1, 0.15) is 0 Å². The van der Waals surface area contributed by atoms with Crippen LogP contribution in [0.15, 0.2) is 41.4 Å². The lowest BCUT2D eigenvalue weighted by Gasteiger charge is -2.02. The third kappa shape index (κ3) is 6.12. The number of rotatable bonds is 8. The van der Waals surface area contributed by atoms with Gasteiger partial charge in [0.05, 0.1) is 0 Å². The van der Waals surface area contributed by atoms with Crippen LogP contribution in [0.4, 0.5) is 0 Å². The van der Waals surface area contributed by atoms with Crippen molar-refractivity contribution in [3.05, 3.63) is 47.0 Å². The minimum Gasteiger partial charge on any atom is -0.103 e. The van der Waals surface area contributed by atoms with E-state index in [1.165, 1.54) is 55.0 Å². The second-order valence-corrected chi connectivity index (χ2v) is 5.14. The van der Waals surface area contributed by atoms with Crippen LogP contribution < -0.4 is 0 Å². The molecule has 0 aliphatic rings. The highest BCUT2D eigenvalue weighted by Gasteiger charge is 1.94. The minimum absolute atomic E-state index is 1.17. The van der Waals surface area contributed by atoms with Crippen molar-refractivity contribution in [2.45, 2.75) is 44.9 Å². The molecule has 0 saturated heterocycles. The van der Waals surface area contributed by atoms with E-state index in [0.29, 0.717) is 0 Å². The summed E-state index contributed by atoms with van der Waals surface area (Å²) in [6.07, 6.45) is 11.1. The zero-order chi connectivity index (χ0) is 11.6. The number of unbranched alkanes of at least 4 members (excludes halogenated alkanes) is 5. The number of aryl methyl sites for hydroxylation is 1. The van der Waals surface area contributed by atoms with E-state index in [2.05, 4.69) is 46.8 Å². The van der Waals surface area contributed by atoms with E-state index < -0.39 is 0 Å². The normalized spacial score (nSPS) is 10.3. The van der Waals surface area contributed by atoms with Crippen molar-refractivity contribution in [1.82, 2.24) is 0 Å². The van der Waals surface area contributed by atoms with Gasteiger partial charge in [0.25, 0.3) is 0 Å². The molecule has 16 heavy (non-hydrogen) atoms. The summed E-state index contributed by atoms with van der Waals surface area (Å²) in [5, 5.41) is 0. The van der Waals surface area contributed by atoms with E-state index in [9.17, 15) is 0 Å². The van der Waals surface area contributed by atoms with Gasteiger partial charge in [-0.15, -0.1) is 6.58 Å². The van der Waals surface area contributed by atoms with Gasteiger partial charge in [-0.3, -0.25) is 0 Å². The Hall–Kier alpha value is -0.560. The number of allylic oxidation sites excluding steroid dienone is 1. The van der Waals surface area contributed by atoms with Gasteiger partial charge in [-0.05, 0) is 43.4 Å². The van der Waals surface area contributed by atoms with Crippen LogP contribution in [0.1, 0.15) is 44.1 Å². The highest BCUT2D eigenvalue weighted by Crippen LogP contribution is 2.14. The number of benzene rings is 1. The smallest absolute Gasteiger partial charge is 0.0177 e. The molecule has 1 heteroatoms. The van der Waals surface area contributed by atoms with E-state index in [1.807, 2.05) is 6.08 Å². The Kier molecular flexibility index (Phi) is 7.24. The summed E-state index contributed by atoms with van der Waals surface area (Å²) in [4.78, 5) is 0. The van der Waals surface area contributed by atoms with Crippen molar-refractivity contribution in [2.24, 2.45) is 0 Å². The van der Waals surface area contributed by atoms with E-state index in [1.54, 1.807) is 0 Å². The van der Waals surface area contributed by atoms with Gasteiger partial charge in [0.2, 0.25) is 0 Å². The maximum Gasteiger partial charge on any atom is 0.0177 e. The van der Waals surface area contributed by atoms with Gasteiger partial charge in [-0.1, -0.05) is 53.4 Å². The standard InChI is InChI=1S/C15H21Br/c1-2-3-4-5-6-7-8-10-14-11-9-12-15(16)13-14/h2,9,11-13H,1,3-8,10H2. The maximum absolute atomic E-state index is 3.74. The molecule has 0 aliphatic heterocycles. The van der Waals surface area contributed by atoms with E-state index in [-0.39, 0.29) is 0 Å². The fourth-order valence-electron chi connectivity index (χ4n) is 1.84. The molecule has 0 saturated carbocycles. The van der Waals surface area contributed by atoms with Gasteiger partial charge in [0, 0.05) is 4.47 Å². The third-order valence-electron chi connectivity index (χ3n) is 2.76. The average Bonchev–Trinajstić information content (AvgIpc) is 2.28. The monoisotopic (exact) mass is 280 g/mol. The van der Waals surface area contributed by atoms with Crippen LogP contribution in [0.3, 0.4) is 0 Å². The molecule has 0 atom stereocenters. The molecule has 88 valence electrons. The first-order valence-electron chi connectivity index (χ1n) is 6.18. The third-order valence-corrected chi connectivity index (χ3v) is 3.26. The lowest BCUT2D eigenvalue weighted by Crippen LogP contribution is -1.86. The Balaban J connectivity index is 2.05. The molecule has 0 heterocycles. The van der Waals surface area contributed by atoms with Gasteiger partial charge >= 0.3 is 0 Å². The van der Waals surface area contributed by atoms with Gasteiger partial charge in [-0.25, -0.2) is 0 Å². The van der Waals surface area contributed by atoms with Crippen LogP contribution in [-0.4, -0.2) is 0 Å². The Morgan fingerprint density at radius 3 is 2.56 bits per heavy atom. The van der Waals surface area contributed by atoms with Crippen LogP contribution in [0.5, 0.6) is 0 Å². The molecule has 1 rings (SSSR count). The summed E-state index contributed by atoms with van der Waals surface area (Å²) in [6, 6.07) is 8.63. The fourth-order valence-corrected chi connectivity index (χ4v) is 2.29. The number of halogens is 1. The average molecular weight is 281 g/mol. The molecule has 0 aliphatic carbocycles. The number of hydrogen-bond donors (Lipinski definition) is 0. The van der Waals surface area contributed by atoms with Crippen molar-refractivity contribution in [3.63, 3.8) is 0 Å². The lowest BCUT2D eigenvalue weighted by atomic mass is 10.1. The van der Waals surface area contributed by atoms with Crippen molar-refractivity contribution in [2.75, 3.05) is 0 Å². The zero-order valence-corrected chi connectivity index (χ0v) is 11.5. The van der Waals surface area contributed by atoms with Crippen molar-refractivity contribution in [1.29, 1.82) is 0 Å². The topological polar surface area (TPSA) is 0 Å². The summed E-state index contributed by atoms with van der Waals surface area (Å²) >= 11 is 3.50. The summed E-state index contributed by atoms with van der Waals surface area (Å²) in [5.41, 5.74) is 1.44. The summed E-state index contributed by atoms with van der Waals surface area (Å²) < 4.78 is 1.19. The van der Waals surface area contributed by atoms with Gasteiger partial charge in [0.15, 0.2) is 0 Å². The molecule has 0 aromatic heterocycles. The van der Waals surface area contributed by atoms with E-state index in [4.69, 9.17) is 0 Å². The SMILES string of the molecule is C=CCCCCCCCc1cccc(Br)c1. The maximum atomic E-state index is 3.74. The highest BCUT2D eigenvalue weighted by atomic mass is 79.9. The first-order chi connectivity index (χ1) is 7.83. The van der Waals surface area contributed by atoms with E-state index in [0.717, 1.165) is 0 Å². The molecular weight excluding hydrogens is 260 g/mol. The van der Waals surface area contributed by atoms with Crippen LogP contribution in [0.25, 0.3) is 0 Å². The lowest BCUT2D eigenvalue weighted by molar-refractivity contribution is 0.618. The van der Waals surface area contributed by atoms with Crippen LogP contribution in [0, 0.1) is 0 Å². The zero-order valence-electron chi connectivity index (χ0n) is 9.92. The van der Waals surface area contributed by atoms with E-state index >= 15 is 0 Å². The second kappa shape index (κ2) is 8.58. The summed E-state index contributed by atoms with van der Waals surface area (Å²) in [5.74, 6) is 0.